The smallest absolute Gasteiger partial charge is 0.251 e. The van der Waals surface area contributed by atoms with Crippen LogP contribution in [0.1, 0.15) is 16.1 Å². The fourth-order valence-electron chi connectivity index (χ4n) is 1.96. The molecule has 0 bridgehead atoms. The van der Waals surface area contributed by atoms with Crippen molar-refractivity contribution in [1.29, 1.82) is 0 Å². The molecule has 3 rings (SSSR count). The molecule has 0 spiro atoms. The third kappa shape index (κ3) is 2.65. The predicted octanol–water partition coefficient (Wildman–Crippen LogP) is 2.92. The predicted molar refractivity (Wildman–Crippen MR) is 77.8 cm³/mol. The third-order valence-electron chi connectivity index (χ3n) is 2.93. The van der Waals surface area contributed by atoms with Gasteiger partial charge in [-0.2, -0.15) is 0 Å². The molecule has 0 radical (unpaired) electrons. The summed E-state index contributed by atoms with van der Waals surface area (Å²) in [6.45, 7) is 0.382. The van der Waals surface area contributed by atoms with Crippen molar-refractivity contribution in [2.75, 3.05) is 0 Å². The first-order valence-corrected chi connectivity index (χ1v) is 6.56. The van der Waals surface area contributed by atoms with Crippen molar-refractivity contribution in [3.63, 3.8) is 0 Å². The van der Waals surface area contributed by atoms with E-state index in [1.54, 1.807) is 24.4 Å². The quantitative estimate of drug-likeness (QED) is 0.804. The van der Waals surface area contributed by atoms with Gasteiger partial charge in [0, 0.05) is 18.0 Å². The minimum atomic E-state index is -0.110. The van der Waals surface area contributed by atoms with Gasteiger partial charge in [0.25, 0.3) is 5.91 Å². The molecule has 1 amide bonds. The molecule has 2 aromatic heterocycles. The van der Waals surface area contributed by atoms with Crippen LogP contribution in [0.25, 0.3) is 5.65 Å². The second kappa shape index (κ2) is 5.35. The van der Waals surface area contributed by atoms with Crippen LogP contribution in [0.2, 0.25) is 5.02 Å². The van der Waals surface area contributed by atoms with Crippen molar-refractivity contribution in [2.45, 2.75) is 6.54 Å². The van der Waals surface area contributed by atoms with Crippen LogP contribution in [0.3, 0.4) is 0 Å². The maximum absolute atomic E-state index is 11.9. The molecule has 5 heteroatoms. The highest BCUT2D eigenvalue weighted by atomic mass is 35.5. The molecule has 0 aliphatic rings. The van der Waals surface area contributed by atoms with E-state index in [-0.39, 0.29) is 5.91 Å². The molecule has 3 aromatic rings. The molecule has 0 unspecified atom stereocenters. The number of carbonyl (C=O) groups is 1. The lowest BCUT2D eigenvalue weighted by Crippen LogP contribution is -2.22. The van der Waals surface area contributed by atoms with Crippen LogP contribution >= 0.6 is 11.6 Å². The van der Waals surface area contributed by atoms with Crippen molar-refractivity contribution < 1.29 is 4.79 Å². The number of carbonyl (C=O) groups excluding carboxylic acids is 1. The number of benzene rings is 1. The lowest BCUT2D eigenvalue weighted by Gasteiger charge is -2.02. The Hall–Kier alpha value is -2.33. The summed E-state index contributed by atoms with van der Waals surface area (Å²) < 4.78 is 1.84. The molecule has 0 aliphatic carbocycles. The first-order valence-electron chi connectivity index (χ1n) is 6.19. The summed E-state index contributed by atoms with van der Waals surface area (Å²) in [5.74, 6) is -0.110. The van der Waals surface area contributed by atoms with Gasteiger partial charge in [-0.1, -0.05) is 29.8 Å². The van der Waals surface area contributed by atoms with Crippen molar-refractivity contribution >= 4 is 23.2 Å². The minimum absolute atomic E-state index is 0.110. The topological polar surface area (TPSA) is 46.4 Å². The van der Waals surface area contributed by atoms with E-state index < -0.39 is 0 Å². The highest BCUT2D eigenvalue weighted by molar-refractivity contribution is 6.30. The molecule has 100 valence electrons. The van der Waals surface area contributed by atoms with Gasteiger partial charge in [0.15, 0.2) is 0 Å². The largest absolute Gasteiger partial charge is 0.346 e. The van der Waals surface area contributed by atoms with Crippen LogP contribution in [0.5, 0.6) is 0 Å². The summed E-state index contributed by atoms with van der Waals surface area (Å²) in [4.78, 5) is 16.3. The molecule has 1 N–H and O–H groups in total. The SMILES string of the molecule is O=C(NCc1cn2cc(Cl)ccc2n1)c1ccccc1. The van der Waals surface area contributed by atoms with E-state index in [2.05, 4.69) is 10.3 Å². The van der Waals surface area contributed by atoms with Gasteiger partial charge in [-0.05, 0) is 24.3 Å². The normalized spacial score (nSPS) is 10.7. The van der Waals surface area contributed by atoms with Crippen LogP contribution in [0, 0.1) is 0 Å². The second-order valence-electron chi connectivity index (χ2n) is 4.39. The van der Waals surface area contributed by atoms with E-state index in [1.807, 2.05) is 34.9 Å². The molecular formula is C15H12ClN3O. The van der Waals surface area contributed by atoms with Crippen molar-refractivity contribution in [2.24, 2.45) is 0 Å². The van der Waals surface area contributed by atoms with Crippen LogP contribution in [0.15, 0.2) is 54.9 Å². The van der Waals surface area contributed by atoms with E-state index in [9.17, 15) is 4.79 Å². The van der Waals surface area contributed by atoms with Crippen LogP contribution in [-0.4, -0.2) is 15.3 Å². The summed E-state index contributed by atoms with van der Waals surface area (Å²) in [5.41, 5.74) is 2.23. The standard InChI is InChI=1S/C15H12ClN3O/c16-12-6-7-14-18-13(10-19(14)9-12)8-17-15(20)11-4-2-1-3-5-11/h1-7,9-10H,8H2,(H,17,20). The molecule has 20 heavy (non-hydrogen) atoms. The number of rotatable bonds is 3. The summed E-state index contributed by atoms with van der Waals surface area (Å²) in [6, 6.07) is 12.7. The number of nitrogens with zero attached hydrogens (tertiary/aromatic N) is 2. The number of pyridine rings is 1. The first-order chi connectivity index (χ1) is 9.72. The van der Waals surface area contributed by atoms with E-state index >= 15 is 0 Å². The van der Waals surface area contributed by atoms with Gasteiger partial charge in [0.1, 0.15) is 5.65 Å². The Bertz CT molecular complexity index is 752. The Morgan fingerprint density at radius 1 is 1.15 bits per heavy atom. The molecule has 4 nitrogen and oxygen atoms in total. The summed E-state index contributed by atoms with van der Waals surface area (Å²) >= 11 is 5.92. The third-order valence-corrected chi connectivity index (χ3v) is 3.15. The fourth-order valence-corrected chi connectivity index (χ4v) is 2.13. The van der Waals surface area contributed by atoms with Gasteiger partial charge in [0.05, 0.1) is 17.3 Å². The van der Waals surface area contributed by atoms with Gasteiger partial charge >= 0.3 is 0 Å². The molecule has 0 atom stereocenters. The zero-order valence-corrected chi connectivity index (χ0v) is 11.3. The number of amides is 1. The molecule has 0 saturated heterocycles. The van der Waals surface area contributed by atoms with Gasteiger partial charge in [-0.15, -0.1) is 0 Å². The number of hydrogen-bond acceptors (Lipinski definition) is 2. The monoisotopic (exact) mass is 285 g/mol. The Labute approximate surface area is 121 Å². The van der Waals surface area contributed by atoms with E-state index in [0.29, 0.717) is 17.1 Å². The van der Waals surface area contributed by atoms with Crippen molar-refractivity contribution in [3.05, 3.63) is 71.1 Å². The Morgan fingerprint density at radius 3 is 2.75 bits per heavy atom. The van der Waals surface area contributed by atoms with Gasteiger partial charge in [-0.3, -0.25) is 4.79 Å². The van der Waals surface area contributed by atoms with Crippen LogP contribution in [-0.2, 0) is 6.54 Å². The number of aromatic nitrogens is 2. The number of imidazole rings is 1. The lowest BCUT2D eigenvalue weighted by atomic mass is 10.2. The summed E-state index contributed by atoms with van der Waals surface area (Å²) in [7, 11) is 0. The van der Waals surface area contributed by atoms with E-state index in [0.717, 1.165) is 11.3 Å². The highest BCUT2D eigenvalue weighted by Crippen LogP contribution is 2.11. The Balaban J connectivity index is 1.72. The maximum Gasteiger partial charge on any atom is 0.251 e. The minimum Gasteiger partial charge on any atom is -0.346 e. The summed E-state index contributed by atoms with van der Waals surface area (Å²) in [5, 5.41) is 3.49. The molecule has 1 aromatic carbocycles. The lowest BCUT2D eigenvalue weighted by molar-refractivity contribution is 0.0950. The zero-order valence-electron chi connectivity index (χ0n) is 10.6. The number of fused-ring (bicyclic) bond motifs is 1. The average Bonchev–Trinajstić information content (AvgIpc) is 2.87. The second-order valence-corrected chi connectivity index (χ2v) is 4.83. The molecule has 2 heterocycles. The molecular weight excluding hydrogens is 274 g/mol. The fraction of sp³-hybridized carbons (Fsp3) is 0.0667. The number of nitrogens with one attached hydrogen (secondary N) is 1. The maximum atomic E-state index is 11.9. The average molecular weight is 286 g/mol. The molecule has 0 aliphatic heterocycles. The summed E-state index contributed by atoms with van der Waals surface area (Å²) in [6.07, 6.45) is 3.64. The van der Waals surface area contributed by atoms with Crippen LogP contribution in [0.4, 0.5) is 0 Å². The van der Waals surface area contributed by atoms with Gasteiger partial charge in [-0.25, -0.2) is 4.98 Å². The first kappa shape index (κ1) is 12.7. The molecule has 0 saturated carbocycles. The number of halogens is 1. The van der Waals surface area contributed by atoms with Crippen molar-refractivity contribution in [1.82, 2.24) is 14.7 Å². The molecule has 0 fully saturated rings. The Kier molecular flexibility index (Phi) is 3.39. The zero-order chi connectivity index (χ0) is 13.9. The van der Waals surface area contributed by atoms with Crippen molar-refractivity contribution in [3.8, 4) is 0 Å². The van der Waals surface area contributed by atoms with E-state index in [4.69, 9.17) is 11.6 Å². The van der Waals surface area contributed by atoms with E-state index in [1.165, 1.54) is 0 Å². The Morgan fingerprint density at radius 2 is 1.95 bits per heavy atom. The van der Waals surface area contributed by atoms with Gasteiger partial charge < -0.3 is 9.72 Å². The van der Waals surface area contributed by atoms with Gasteiger partial charge in [0.2, 0.25) is 0 Å². The number of hydrogen-bond donors (Lipinski definition) is 1. The van der Waals surface area contributed by atoms with Crippen LogP contribution < -0.4 is 5.32 Å². The highest BCUT2D eigenvalue weighted by Gasteiger charge is 2.06.